The molecule has 2 aliphatic carbocycles. The Bertz CT molecular complexity index is 1780. The normalized spacial score (nSPS) is 20.4. The zero-order chi connectivity index (χ0) is 41.9. The third-order valence-corrected chi connectivity index (χ3v) is 12.3. The lowest BCUT2D eigenvalue weighted by molar-refractivity contribution is -0.139. The number of benzene rings is 1. The molecule has 2 aromatic rings. The molecule has 2 saturated carbocycles. The molecule has 0 saturated heterocycles. The van der Waals surface area contributed by atoms with Crippen LogP contribution in [0.15, 0.2) is 54.4 Å². The Morgan fingerprint density at radius 3 is 2.16 bits per heavy atom. The predicted molar refractivity (Wildman–Crippen MR) is 227 cm³/mol. The van der Waals surface area contributed by atoms with Crippen LogP contribution in [0.5, 0.6) is 0 Å². The molecular formula is C46H68N6O6. The molecule has 1 aliphatic heterocycles. The number of nitrogens with one attached hydrogen (secondary N) is 4. The molecule has 2 fully saturated rings. The number of aromatic amines is 1. The van der Waals surface area contributed by atoms with Crippen molar-refractivity contribution in [1.29, 1.82) is 0 Å². The number of methoxy groups -OCH3 is 1. The van der Waals surface area contributed by atoms with Crippen LogP contribution in [-0.4, -0.2) is 95.7 Å². The molecule has 3 aliphatic rings. The van der Waals surface area contributed by atoms with E-state index in [2.05, 4.69) is 20.9 Å². The van der Waals surface area contributed by atoms with E-state index >= 15 is 0 Å². The fourth-order valence-corrected chi connectivity index (χ4v) is 9.43. The molecule has 0 spiro atoms. The van der Waals surface area contributed by atoms with E-state index in [-0.39, 0.29) is 35.5 Å². The minimum absolute atomic E-state index is 0.0387. The fraction of sp³-hybridized carbons (Fsp3) is 0.630. The first-order valence-corrected chi connectivity index (χ1v) is 21.7. The highest BCUT2D eigenvalue weighted by atomic mass is 16.5. The van der Waals surface area contributed by atoms with Crippen LogP contribution in [0.3, 0.4) is 0 Å². The Balaban J connectivity index is 1.34. The van der Waals surface area contributed by atoms with Crippen molar-refractivity contribution >= 4 is 40.4 Å². The van der Waals surface area contributed by atoms with Gasteiger partial charge in [-0.2, -0.15) is 0 Å². The Morgan fingerprint density at radius 2 is 1.52 bits per heavy atom. The van der Waals surface area contributed by atoms with E-state index in [4.69, 9.17) is 4.74 Å². The molecule has 0 unspecified atom stereocenters. The fourth-order valence-electron chi connectivity index (χ4n) is 9.43. The van der Waals surface area contributed by atoms with Crippen LogP contribution in [0.25, 0.3) is 10.9 Å². The Labute approximate surface area is 345 Å². The van der Waals surface area contributed by atoms with Crippen molar-refractivity contribution in [3.05, 3.63) is 60.0 Å². The van der Waals surface area contributed by atoms with Crippen molar-refractivity contribution in [3.63, 3.8) is 0 Å². The molecule has 58 heavy (non-hydrogen) atoms. The lowest BCUT2D eigenvalue weighted by Gasteiger charge is -2.33. The molecule has 0 radical (unpaired) electrons. The molecular weight excluding hydrogens is 733 g/mol. The maximum absolute atomic E-state index is 14.3. The van der Waals surface area contributed by atoms with Gasteiger partial charge >= 0.3 is 0 Å². The first-order valence-electron chi connectivity index (χ1n) is 21.7. The van der Waals surface area contributed by atoms with E-state index in [0.29, 0.717) is 30.9 Å². The molecule has 4 N–H and O–H groups in total. The van der Waals surface area contributed by atoms with Gasteiger partial charge in [-0.3, -0.25) is 33.8 Å². The van der Waals surface area contributed by atoms with Gasteiger partial charge in [-0.15, -0.1) is 0 Å². The molecule has 2 heterocycles. The van der Waals surface area contributed by atoms with E-state index in [1.807, 2.05) is 77.2 Å². The summed E-state index contributed by atoms with van der Waals surface area (Å²) in [5.74, 6) is -0.869. The third-order valence-electron chi connectivity index (χ3n) is 12.3. The Kier molecular flexibility index (Phi) is 16.2. The Hall–Kier alpha value is -4.45. The summed E-state index contributed by atoms with van der Waals surface area (Å²) in [6, 6.07) is 4.75. The number of carbonyl (C=O) groups excluding carboxylic acids is 5. The average molecular weight is 801 g/mol. The van der Waals surface area contributed by atoms with Crippen molar-refractivity contribution in [2.75, 3.05) is 21.2 Å². The molecule has 5 rings (SSSR count). The summed E-state index contributed by atoms with van der Waals surface area (Å²) in [6.07, 6.45) is 18.0. The minimum Gasteiger partial charge on any atom is -0.499 e. The van der Waals surface area contributed by atoms with E-state index in [1.165, 1.54) is 30.6 Å². The van der Waals surface area contributed by atoms with Gasteiger partial charge in [0.2, 0.25) is 17.7 Å². The van der Waals surface area contributed by atoms with E-state index in [0.717, 1.165) is 74.3 Å². The van der Waals surface area contributed by atoms with Gasteiger partial charge in [0.05, 0.1) is 19.2 Å². The molecule has 318 valence electrons. The van der Waals surface area contributed by atoms with Crippen molar-refractivity contribution in [3.8, 4) is 0 Å². The van der Waals surface area contributed by atoms with Crippen LogP contribution in [0.1, 0.15) is 110 Å². The van der Waals surface area contributed by atoms with Crippen LogP contribution in [0, 0.1) is 23.7 Å². The first kappa shape index (κ1) is 44.6. The van der Waals surface area contributed by atoms with Gasteiger partial charge < -0.3 is 25.7 Å². The second kappa shape index (κ2) is 21.0. The van der Waals surface area contributed by atoms with Gasteiger partial charge in [0.1, 0.15) is 23.9 Å². The van der Waals surface area contributed by atoms with Crippen LogP contribution >= 0.6 is 0 Å². The quantitative estimate of drug-likeness (QED) is 0.132. The van der Waals surface area contributed by atoms with Gasteiger partial charge in [-0.1, -0.05) is 103 Å². The summed E-state index contributed by atoms with van der Waals surface area (Å²) < 4.78 is 5.61. The van der Waals surface area contributed by atoms with Crippen LogP contribution in [-0.2, 0) is 35.1 Å². The van der Waals surface area contributed by atoms with E-state index in [1.54, 1.807) is 6.08 Å². The van der Waals surface area contributed by atoms with E-state index in [9.17, 15) is 24.0 Å². The third kappa shape index (κ3) is 11.6. The number of amides is 5. The topological polar surface area (TPSA) is 153 Å². The van der Waals surface area contributed by atoms with Crippen molar-refractivity contribution in [2.24, 2.45) is 23.7 Å². The van der Waals surface area contributed by atoms with Crippen LogP contribution in [0.2, 0.25) is 0 Å². The number of carbonyl (C=O) groups is 5. The number of imide groups is 1. The maximum Gasteiger partial charge on any atom is 0.257 e. The molecule has 1 aromatic heterocycles. The minimum atomic E-state index is -0.850. The SMILES string of the molecule is COC1=CC(=O)N(C(=O)/C=C/[C@@H](NC(=O)[C@H](CC(C)C)NC(=O)[C@H](CC2CCCCC2)NC(=O)[C@H](C(C)C)N(C)C)C2CCCCC2)[C@H]1Cc1c[nH]c2ccccc12. The second-order valence-corrected chi connectivity index (χ2v) is 17.8. The largest absolute Gasteiger partial charge is 0.499 e. The Morgan fingerprint density at radius 1 is 0.879 bits per heavy atom. The number of hydrogen-bond acceptors (Lipinski definition) is 7. The van der Waals surface area contributed by atoms with E-state index < -0.39 is 42.0 Å². The van der Waals surface area contributed by atoms with Gasteiger partial charge in [0.15, 0.2) is 0 Å². The molecule has 0 bridgehead atoms. The van der Waals surface area contributed by atoms with Gasteiger partial charge in [0.25, 0.3) is 11.8 Å². The maximum atomic E-state index is 14.3. The second-order valence-electron chi connectivity index (χ2n) is 17.8. The molecule has 5 atom stereocenters. The summed E-state index contributed by atoms with van der Waals surface area (Å²) in [6.45, 7) is 8.01. The average Bonchev–Trinajstić information content (AvgIpc) is 3.75. The summed E-state index contributed by atoms with van der Waals surface area (Å²) >= 11 is 0. The first-order chi connectivity index (χ1) is 27.8. The van der Waals surface area contributed by atoms with Gasteiger partial charge in [-0.05, 0) is 75.1 Å². The number of nitrogens with zero attached hydrogens (tertiary/aromatic N) is 2. The smallest absolute Gasteiger partial charge is 0.257 e. The number of hydrogen-bond donors (Lipinski definition) is 4. The standard InChI is InChI=1S/C46H68N6O6/c1-29(2)24-37(49-45(56)38(25-31-16-10-8-11-17-31)50-46(57)43(30(3)4)51(5)6)44(55)48-35(32-18-12-9-13-19-32)22-23-41(53)52-39(40(58-7)27-42(52)54)26-33-28-47-36-21-15-14-20-34(33)36/h14-15,20-23,27-32,35,37-39,43,47H,8-13,16-19,24-26H2,1-7H3,(H,48,55)(H,49,56)(H,50,57)/b23-22+/t35-,37+,38+,39+,43+/m1/s1. The lowest BCUT2D eigenvalue weighted by Crippen LogP contribution is -2.58. The molecule has 12 nitrogen and oxygen atoms in total. The number of aromatic nitrogens is 1. The van der Waals surface area contributed by atoms with Crippen LogP contribution in [0.4, 0.5) is 0 Å². The number of rotatable bonds is 18. The summed E-state index contributed by atoms with van der Waals surface area (Å²) in [5, 5.41) is 10.4. The monoisotopic (exact) mass is 801 g/mol. The molecule has 12 heteroatoms. The van der Waals surface area contributed by atoms with Crippen LogP contribution < -0.4 is 16.0 Å². The zero-order valence-corrected chi connectivity index (χ0v) is 35.9. The summed E-state index contributed by atoms with van der Waals surface area (Å²) in [7, 11) is 5.24. The van der Waals surface area contributed by atoms with Gasteiger partial charge in [-0.25, -0.2) is 0 Å². The number of fused-ring (bicyclic) bond motifs is 1. The lowest BCUT2D eigenvalue weighted by atomic mass is 9.83. The molecule has 5 amide bonds. The molecule has 1 aromatic carbocycles. The number of ether oxygens (including phenoxy) is 1. The van der Waals surface area contributed by atoms with Gasteiger partial charge in [0, 0.05) is 35.7 Å². The number of para-hydroxylation sites is 1. The zero-order valence-electron chi connectivity index (χ0n) is 35.9. The number of H-pyrrole nitrogens is 1. The number of likely N-dealkylation sites (N-methyl/N-ethyl adjacent to an activating group) is 1. The van der Waals surface area contributed by atoms with Crippen molar-refractivity contribution in [1.82, 2.24) is 30.7 Å². The summed E-state index contributed by atoms with van der Waals surface area (Å²) in [5.41, 5.74) is 1.93. The van der Waals surface area contributed by atoms with Crippen molar-refractivity contribution in [2.45, 2.75) is 141 Å². The summed E-state index contributed by atoms with van der Waals surface area (Å²) in [4.78, 5) is 75.9. The highest BCUT2D eigenvalue weighted by Gasteiger charge is 2.39. The highest BCUT2D eigenvalue weighted by molar-refractivity contribution is 6.08. The van der Waals surface area contributed by atoms with Crippen molar-refractivity contribution < 1.29 is 28.7 Å². The predicted octanol–water partition coefficient (Wildman–Crippen LogP) is 6.17. The highest BCUT2D eigenvalue weighted by Crippen LogP contribution is 2.31.